The van der Waals surface area contributed by atoms with Gasteiger partial charge in [-0.3, -0.25) is 48.6 Å². The van der Waals surface area contributed by atoms with E-state index in [1.54, 1.807) is 9.80 Å². The number of hydrogen-bond acceptors (Lipinski definition) is 8. The van der Waals surface area contributed by atoms with Crippen molar-refractivity contribution >= 4 is 23.6 Å². The zero-order valence-corrected chi connectivity index (χ0v) is 22.3. The van der Waals surface area contributed by atoms with Crippen LogP contribution in [0.5, 0.6) is 0 Å². The summed E-state index contributed by atoms with van der Waals surface area (Å²) in [6.07, 6.45) is 0. The third kappa shape index (κ3) is 7.31. The van der Waals surface area contributed by atoms with Gasteiger partial charge in [0.1, 0.15) is 0 Å². The number of piperazine rings is 2. The van der Waals surface area contributed by atoms with Gasteiger partial charge in [0.15, 0.2) is 0 Å². The number of hydrogen-bond donors (Lipinski definition) is 0. The van der Waals surface area contributed by atoms with Crippen molar-refractivity contribution in [2.24, 2.45) is 0 Å². The van der Waals surface area contributed by atoms with Gasteiger partial charge in [-0.25, -0.2) is 0 Å². The molecule has 0 radical (unpaired) electrons. The van der Waals surface area contributed by atoms with E-state index in [1.165, 1.54) is 9.80 Å². The molecule has 0 bridgehead atoms. The fourth-order valence-electron chi connectivity index (χ4n) is 4.58. The molecular weight excluding hydrogens is 436 g/mol. The Hall–Kier alpha value is -1.88. The summed E-state index contributed by atoms with van der Waals surface area (Å²) in [6.45, 7) is 18.6. The molecule has 4 amide bonds. The lowest BCUT2D eigenvalue weighted by atomic mass is 10.2. The third-order valence-corrected chi connectivity index (χ3v) is 6.63. The first-order valence-corrected chi connectivity index (χ1v) is 12.4. The van der Waals surface area contributed by atoms with E-state index >= 15 is 0 Å². The Labute approximate surface area is 204 Å². The lowest BCUT2D eigenvalue weighted by Crippen LogP contribution is -2.60. The normalized spacial score (nSPS) is 19.5. The van der Waals surface area contributed by atoms with Gasteiger partial charge < -0.3 is 0 Å². The standard InChI is InChI=1S/C24H44N6O4/c1-17(2)27(18(3)4)15-29-21(31)11-25(12-22(29)32)9-10-26-13-23(33)30(24(34)14-26)16-28(19(5)6)20(7)8/h17-20H,9-16H2,1-8H3. The van der Waals surface area contributed by atoms with Gasteiger partial charge in [0, 0.05) is 37.3 Å². The Morgan fingerprint density at radius 2 is 0.765 bits per heavy atom. The summed E-state index contributed by atoms with van der Waals surface area (Å²) in [7, 11) is 0. The van der Waals surface area contributed by atoms with E-state index in [9.17, 15) is 19.2 Å². The molecule has 10 nitrogen and oxygen atoms in total. The number of imide groups is 2. The number of amides is 4. The molecule has 0 N–H and O–H groups in total. The van der Waals surface area contributed by atoms with Gasteiger partial charge in [-0.05, 0) is 55.4 Å². The lowest BCUT2D eigenvalue weighted by molar-refractivity contribution is -0.158. The van der Waals surface area contributed by atoms with Crippen LogP contribution >= 0.6 is 0 Å². The molecule has 0 atom stereocenters. The molecule has 194 valence electrons. The van der Waals surface area contributed by atoms with Crippen molar-refractivity contribution in [3.63, 3.8) is 0 Å². The molecule has 0 spiro atoms. The minimum atomic E-state index is -0.206. The van der Waals surface area contributed by atoms with E-state index in [-0.39, 0.29) is 74.0 Å². The summed E-state index contributed by atoms with van der Waals surface area (Å²) in [5, 5.41) is 0. The summed E-state index contributed by atoms with van der Waals surface area (Å²) in [6, 6.07) is 0.891. The quantitative estimate of drug-likeness (QED) is 0.395. The molecule has 0 aromatic carbocycles. The van der Waals surface area contributed by atoms with Gasteiger partial charge in [0.2, 0.25) is 23.6 Å². The SMILES string of the molecule is CC(C)N(CN1C(=O)CN(CCN2CC(=O)N(CN(C(C)C)C(C)C)C(=O)C2)CC1=O)C(C)C. The van der Waals surface area contributed by atoms with Crippen molar-refractivity contribution in [2.75, 3.05) is 52.6 Å². The Bertz CT molecular complexity index is 640. The van der Waals surface area contributed by atoms with E-state index in [0.29, 0.717) is 26.4 Å². The molecule has 0 unspecified atom stereocenters. The Kier molecular flexibility index (Phi) is 10.2. The minimum absolute atomic E-state index is 0.162. The molecule has 0 saturated carbocycles. The van der Waals surface area contributed by atoms with Gasteiger partial charge in [-0.2, -0.15) is 0 Å². The second-order valence-corrected chi connectivity index (χ2v) is 10.5. The summed E-state index contributed by atoms with van der Waals surface area (Å²) in [5.41, 5.74) is 0. The monoisotopic (exact) mass is 480 g/mol. The Morgan fingerprint density at radius 1 is 0.529 bits per heavy atom. The van der Waals surface area contributed by atoms with E-state index in [2.05, 4.69) is 65.2 Å². The number of carbonyl (C=O) groups excluding carboxylic acids is 4. The average molecular weight is 481 g/mol. The van der Waals surface area contributed by atoms with Gasteiger partial charge in [0.25, 0.3) is 0 Å². The highest BCUT2D eigenvalue weighted by molar-refractivity contribution is 6.00. The minimum Gasteiger partial charge on any atom is -0.284 e. The largest absolute Gasteiger partial charge is 0.284 e. The second kappa shape index (κ2) is 12.2. The molecule has 10 heteroatoms. The van der Waals surface area contributed by atoms with Gasteiger partial charge in [-0.15, -0.1) is 0 Å². The summed E-state index contributed by atoms with van der Waals surface area (Å²) in [5.74, 6) is -0.826. The van der Waals surface area contributed by atoms with Crippen molar-refractivity contribution in [1.29, 1.82) is 0 Å². The molecule has 2 saturated heterocycles. The molecule has 2 heterocycles. The molecule has 34 heavy (non-hydrogen) atoms. The van der Waals surface area contributed by atoms with Crippen LogP contribution in [0.2, 0.25) is 0 Å². The maximum Gasteiger partial charge on any atom is 0.244 e. The van der Waals surface area contributed by atoms with E-state index in [0.717, 1.165) is 0 Å². The molecule has 2 aliphatic heterocycles. The molecule has 2 aliphatic rings. The van der Waals surface area contributed by atoms with Crippen molar-refractivity contribution in [1.82, 2.24) is 29.4 Å². The van der Waals surface area contributed by atoms with Crippen LogP contribution < -0.4 is 0 Å². The predicted molar refractivity (Wildman–Crippen MR) is 131 cm³/mol. The summed E-state index contributed by atoms with van der Waals surface area (Å²) < 4.78 is 0. The number of carbonyl (C=O) groups is 4. The van der Waals surface area contributed by atoms with Crippen LogP contribution in [0.3, 0.4) is 0 Å². The second-order valence-electron chi connectivity index (χ2n) is 10.5. The van der Waals surface area contributed by atoms with Gasteiger partial charge in [-0.1, -0.05) is 0 Å². The molecule has 0 aromatic heterocycles. The maximum atomic E-state index is 12.7. The van der Waals surface area contributed by atoms with Crippen molar-refractivity contribution < 1.29 is 19.2 Å². The number of rotatable bonds is 11. The summed E-state index contributed by atoms with van der Waals surface area (Å²) >= 11 is 0. The lowest BCUT2D eigenvalue weighted by Gasteiger charge is -2.40. The fraction of sp³-hybridized carbons (Fsp3) is 0.833. The molecule has 2 fully saturated rings. The number of nitrogens with zero attached hydrogens (tertiary/aromatic N) is 6. The highest BCUT2D eigenvalue weighted by atomic mass is 16.2. The fourth-order valence-corrected chi connectivity index (χ4v) is 4.58. The predicted octanol–water partition coefficient (Wildman–Crippen LogP) is 0.481. The van der Waals surface area contributed by atoms with E-state index in [1.807, 2.05) is 0 Å². The van der Waals surface area contributed by atoms with Crippen LogP contribution in [0.4, 0.5) is 0 Å². The van der Waals surface area contributed by atoms with Crippen LogP contribution in [0.25, 0.3) is 0 Å². The first-order chi connectivity index (χ1) is 15.8. The van der Waals surface area contributed by atoms with E-state index in [4.69, 9.17) is 0 Å². The summed E-state index contributed by atoms with van der Waals surface area (Å²) in [4.78, 5) is 61.4. The topological polar surface area (TPSA) is 87.7 Å². The maximum absolute atomic E-state index is 12.7. The van der Waals surface area contributed by atoms with E-state index < -0.39 is 0 Å². The first-order valence-electron chi connectivity index (χ1n) is 12.4. The zero-order chi connectivity index (χ0) is 25.7. The molecule has 2 rings (SSSR count). The molecule has 0 aliphatic carbocycles. The van der Waals surface area contributed by atoms with Crippen LogP contribution in [-0.2, 0) is 19.2 Å². The van der Waals surface area contributed by atoms with Gasteiger partial charge in [0.05, 0.1) is 39.5 Å². The zero-order valence-electron chi connectivity index (χ0n) is 22.3. The van der Waals surface area contributed by atoms with Crippen LogP contribution in [-0.4, -0.2) is 130 Å². The molecule has 0 aromatic rings. The average Bonchev–Trinajstić information content (AvgIpc) is 2.70. The van der Waals surface area contributed by atoms with Crippen molar-refractivity contribution in [3.05, 3.63) is 0 Å². The van der Waals surface area contributed by atoms with Crippen LogP contribution in [0.15, 0.2) is 0 Å². The third-order valence-electron chi connectivity index (χ3n) is 6.63. The smallest absolute Gasteiger partial charge is 0.244 e. The van der Waals surface area contributed by atoms with Crippen molar-refractivity contribution in [3.8, 4) is 0 Å². The highest BCUT2D eigenvalue weighted by Gasteiger charge is 2.35. The highest BCUT2D eigenvalue weighted by Crippen LogP contribution is 2.14. The Balaban J connectivity index is 1.88. The van der Waals surface area contributed by atoms with Gasteiger partial charge >= 0.3 is 0 Å². The van der Waals surface area contributed by atoms with Crippen LogP contribution in [0.1, 0.15) is 55.4 Å². The first kappa shape index (κ1) is 28.4. The Morgan fingerprint density at radius 3 is 0.971 bits per heavy atom. The molecular formula is C24H44N6O4. The van der Waals surface area contributed by atoms with Crippen LogP contribution in [0, 0.1) is 0 Å². The van der Waals surface area contributed by atoms with Crippen molar-refractivity contribution in [2.45, 2.75) is 79.6 Å².